The first-order valence-electron chi connectivity index (χ1n) is 5.97. The van der Waals surface area contributed by atoms with E-state index in [1.165, 1.54) is 5.56 Å². The maximum Gasteiger partial charge on any atom is 0.136 e. The van der Waals surface area contributed by atoms with Crippen LogP contribution in [0.3, 0.4) is 0 Å². The lowest BCUT2D eigenvalue weighted by Gasteiger charge is -2.09. The van der Waals surface area contributed by atoms with Crippen LogP contribution in [0, 0.1) is 25.2 Å². The fourth-order valence-corrected chi connectivity index (χ4v) is 1.72. The molecule has 1 aromatic heterocycles. The largest absolute Gasteiger partial charge is 0.357 e. The minimum atomic E-state index is 0.223. The monoisotopic (exact) mass is 253 g/mol. The van der Waals surface area contributed by atoms with E-state index in [9.17, 15) is 0 Å². The average Bonchev–Trinajstić information content (AvgIpc) is 2.35. The Balaban J connectivity index is 2.20. The average molecular weight is 253 g/mol. The Morgan fingerprint density at radius 1 is 1.16 bits per heavy atom. The lowest BCUT2D eigenvalue weighted by molar-refractivity contribution is 1.05. The van der Waals surface area contributed by atoms with E-state index >= 15 is 0 Å². The molecule has 1 heterocycles. The lowest BCUT2D eigenvalue weighted by Crippen LogP contribution is -2.04. The van der Waals surface area contributed by atoms with Crippen LogP contribution in [0.4, 0.5) is 17.3 Å². The number of nitrogens with one attached hydrogen (secondary N) is 2. The second kappa shape index (κ2) is 5.83. The second-order valence-corrected chi connectivity index (χ2v) is 4.19. The lowest BCUT2D eigenvalue weighted by atomic mass is 10.2. The fourth-order valence-electron chi connectivity index (χ4n) is 1.72. The molecule has 0 bridgehead atoms. The smallest absolute Gasteiger partial charge is 0.136 e. The van der Waals surface area contributed by atoms with Gasteiger partial charge in [0.15, 0.2) is 0 Å². The van der Waals surface area contributed by atoms with Gasteiger partial charge >= 0.3 is 0 Å². The third-order valence-corrected chi connectivity index (χ3v) is 2.48. The zero-order valence-corrected chi connectivity index (χ0v) is 10.9. The Labute approximate surface area is 112 Å². The number of benzene rings is 1. The number of hydrogen-bond acceptors (Lipinski definition) is 5. The van der Waals surface area contributed by atoms with Gasteiger partial charge in [0.1, 0.15) is 24.0 Å². The molecule has 0 amide bonds. The molecule has 0 unspecified atom stereocenters. The maximum absolute atomic E-state index is 8.56. The van der Waals surface area contributed by atoms with Crippen molar-refractivity contribution in [2.45, 2.75) is 13.8 Å². The van der Waals surface area contributed by atoms with Gasteiger partial charge < -0.3 is 10.6 Å². The highest BCUT2D eigenvalue weighted by atomic mass is 15.1. The number of hydrogen-bond donors (Lipinski definition) is 2. The van der Waals surface area contributed by atoms with Gasteiger partial charge in [-0.2, -0.15) is 5.26 Å². The summed E-state index contributed by atoms with van der Waals surface area (Å²) in [7, 11) is 0. The molecule has 0 saturated carbocycles. The van der Waals surface area contributed by atoms with Gasteiger partial charge in [-0.15, -0.1) is 0 Å². The summed E-state index contributed by atoms with van der Waals surface area (Å²) in [6.45, 7) is 4.08. The first kappa shape index (κ1) is 12.8. The molecular formula is C14H15N5. The first-order chi connectivity index (χ1) is 9.17. The molecule has 1 aromatic carbocycles. The van der Waals surface area contributed by atoms with Crippen molar-refractivity contribution in [3.05, 3.63) is 41.7 Å². The van der Waals surface area contributed by atoms with Crippen molar-refractivity contribution in [2.24, 2.45) is 0 Å². The van der Waals surface area contributed by atoms with Crippen molar-refractivity contribution in [3.8, 4) is 6.07 Å². The molecule has 0 spiro atoms. The van der Waals surface area contributed by atoms with E-state index in [4.69, 9.17) is 5.26 Å². The number of rotatable bonds is 4. The van der Waals surface area contributed by atoms with Gasteiger partial charge in [0.25, 0.3) is 0 Å². The molecule has 2 rings (SSSR count). The van der Waals surface area contributed by atoms with Crippen LogP contribution in [0.25, 0.3) is 0 Å². The zero-order valence-electron chi connectivity index (χ0n) is 10.9. The predicted molar refractivity (Wildman–Crippen MR) is 75.3 cm³/mol. The molecule has 0 aliphatic carbocycles. The summed E-state index contributed by atoms with van der Waals surface area (Å²) in [5.41, 5.74) is 2.16. The third-order valence-electron chi connectivity index (χ3n) is 2.48. The minimum absolute atomic E-state index is 0.223. The second-order valence-electron chi connectivity index (χ2n) is 4.19. The highest BCUT2D eigenvalue weighted by molar-refractivity contribution is 5.59. The predicted octanol–water partition coefficient (Wildman–Crippen LogP) is 2.77. The van der Waals surface area contributed by atoms with Gasteiger partial charge in [0.2, 0.25) is 0 Å². The van der Waals surface area contributed by atoms with Gasteiger partial charge in [0, 0.05) is 11.8 Å². The van der Waals surface area contributed by atoms with Crippen molar-refractivity contribution in [1.82, 2.24) is 9.97 Å². The van der Waals surface area contributed by atoms with E-state index in [-0.39, 0.29) is 6.54 Å². The first-order valence-corrected chi connectivity index (χ1v) is 5.97. The quantitative estimate of drug-likeness (QED) is 0.819. The van der Waals surface area contributed by atoms with E-state index in [0.717, 1.165) is 5.69 Å². The Kier molecular flexibility index (Phi) is 3.94. The summed E-state index contributed by atoms with van der Waals surface area (Å²) in [5, 5.41) is 14.7. The van der Waals surface area contributed by atoms with Crippen molar-refractivity contribution < 1.29 is 0 Å². The van der Waals surface area contributed by atoms with Crippen LogP contribution in [0.15, 0.2) is 30.3 Å². The normalized spacial score (nSPS) is 9.74. The van der Waals surface area contributed by atoms with E-state index in [1.807, 2.05) is 44.2 Å². The van der Waals surface area contributed by atoms with Crippen molar-refractivity contribution in [3.63, 3.8) is 0 Å². The number of nitriles is 1. The third kappa shape index (κ3) is 3.68. The van der Waals surface area contributed by atoms with Crippen molar-refractivity contribution in [2.75, 3.05) is 17.2 Å². The highest BCUT2D eigenvalue weighted by Crippen LogP contribution is 2.18. The molecule has 2 aromatic rings. The summed E-state index contributed by atoms with van der Waals surface area (Å²) < 4.78 is 0. The van der Waals surface area contributed by atoms with Gasteiger partial charge in [-0.3, -0.25) is 0 Å². The molecule has 0 aliphatic rings. The zero-order chi connectivity index (χ0) is 13.7. The molecule has 0 radical (unpaired) electrons. The summed E-state index contributed by atoms with van der Waals surface area (Å²) in [6, 6.07) is 11.8. The molecule has 5 nitrogen and oxygen atoms in total. The fraction of sp³-hybridized carbons (Fsp3) is 0.214. The molecular weight excluding hydrogens is 238 g/mol. The van der Waals surface area contributed by atoms with E-state index in [0.29, 0.717) is 17.5 Å². The van der Waals surface area contributed by atoms with Crippen LogP contribution >= 0.6 is 0 Å². The van der Waals surface area contributed by atoms with Crippen LogP contribution in [-0.4, -0.2) is 16.5 Å². The topological polar surface area (TPSA) is 73.6 Å². The minimum Gasteiger partial charge on any atom is -0.357 e. The maximum atomic E-state index is 8.56. The standard InChI is InChI=1S/C14H15N5/c1-10-4-3-5-12(8-10)19-14-9-13(16-7-6-15)17-11(2)18-14/h3-5,8-9H,7H2,1-2H3,(H2,16,17,18,19). The summed E-state index contributed by atoms with van der Waals surface area (Å²) >= 11 is 0. The van der Waals surface area contributed by atoms with Crippen molar-refractivity contribution in [1.29, 1.82) is 5.26 Å². The molecule has 0 aliphatic heterocycles. The van der Waals surface area contributed by atoms with Crippen molar-refractivity contribution >= 4 is 17.3 Å². The van der Waals surface area contributed by atoms with Crippen LogP contribution in [0.2, 0.25) is 0 Å². The Morgan fingerprint density at radius 2 is 1.95 bits per heavy atom. The molecule has 5 heteroatoms. The molecule has 96 valence electrons. The summed E-state index contributed by atoms with van der Waals surface area (Å²) in [4.78, 5) is 8.54. The highest BCUT2D eigenvalue weighted by Gasteiger charge is 2.02. The van der Waals surface area contributed by atoms with Gasteiger partial charge in [-0.25, -0.2) is 9.97 Å². The summed E-state index contributed by atoms with van der Waals surface area (Å²) in [6.07, 6.45) is 0. The Morgan fingerprint density at radius 3 is 2.68 bits per heavy atom. The van der Waals surface area contributed by atoms with Crippen LogP contribution in [0.1, 0.15) is 11.4 Å². The molecule has 0 saturated heterocycles. The van der Waals surface area contributed by atoms with Gasteiger partial charge in [-0.1, -0.05) is 12.1 Å². The van der Waals surface area contributed by atoms with E-state index in [2.05, 4.69) is 20.6 Å². The molecule has 0 fully saturated rings. The Bertz CT molecular complexity index is 615. The molecule has 19 heavy (non-hydrogen) atoms. The van der Waals surface area contributed by atoms with Gasteiger partial charge in [0.05, 0.1) is 6.07 Å². The Hall–Kier alpha value is -2.61. The van der Waals surface area contributed by atoms with Gasteiger partial charge in [-0.05, 0) is 31.5 Å². The SMILES string of the molecule is Cc1cccc(Nc2cc(NCC#N)nc(C)n2)c1. The van der Waals surface area contributed by atoms with Crippen LogP contribution < -0.4 is 10.6 Å². The number of anilines is 3. The number of aromatic nitrogens is 2. The van der Waals surface area contributed by atoms with Crippen LogP contribution in [0.5, 0.6) is 0 Å². The number of aryl methyl sites for hydroxylation is 2. The molecule has 0 atom stereocenters. The number of nitrogens with zero attached hydrogens (tertiary/aromatic N) is 3. The van der Waals surface area contributed by atoms with Crippen LogP contribution in [-0.2, 0) is 0 Å². The van der Waals surface area contributed by atoms with E-state index in [1.54, 1.807) is 6.07 Å². The summed E-state index contributed by atoms with van der Waals surface area (Å²) in [5.74, 6) is 2.00. The van der Waals surface area contributed by atoms with E-state index < -0.39 is 0 Å². The molecule has 2 N–H and O–H groups in total.